The SMILES string of the molecule is COC(=O)C1CCCN(C(=O)OCCCl)C1. The smallest absolute Gasteiger partial charge is 0.409 e. The van der Waals surface area contributed by atoms with E-state index in [9.17, 15) is 9.59 Å². The van der Waals surface area contributed by atoms with Crippen molar-refractivity contribution in [1.29, 1.82) is 0 Å². The van der Waals surface area contributed by atoms with Crippen molar-refractivity contribution < 1.29 is 19.1 Å². The number of halogens is 1. The molecule has 1 amide bonds. The summed E-state index contributed by atoms with van der Waals surface area (Å²) >= 11 is 5.42. The molecule has 5 nitrogen and oxygen atoms in total. The van der Waals surface area contributed by atoms with Crippen LogP contribution in [0.5, 0.6) is 0 Å². The number of carbonyl (C=O) groups is 2. The van der Waals surface area contributed by atoms with E-state index in [1.165, 1.54) is 12.0 Å². The molecule has 0 radical (unpaired) electrons. The molecule has 0 spiro atoms. The first-order valence-electron chi connectivity index (χ1n) is 5.24. The molecular weight excluding hydrogens is 234 g/mol. The molecule has 92 valence electrons. The molecular formula is C10H16ClNO4. The highest BCUT2D eigenvalue weighted by Crippen LogP contribution is 2.18. The summed E-state index contributed by atoms with van der Waals surface area (Å²) in [7, 11) is 1.35. The Kier molecular flexibility index (Phi) is 5.38. The minimum Gasteiger partial charge on any atom is -0.469 e. The maximum absolute atomic E-state index is 11.5. The van der Waals surface area contributed by atoms with Crippen molar-refractivity contribution in [2.24, 2.45) is 5.92 Å². The number of ether oxygens (including phenoxy) is 2. The summed E-state index contributed by atoms with van der Waals surface area (Å²) in [5, 5.41) is 0. The second kappa shape index (κ2) is 6.58. The standard InChI is InChI=1S/C10H16ClNO4/c1-15-9(13)8-3-2-5-12(7-8)10(14)16-6-4-11/h8H,2-7H2,1H3. The molecule has 1 heterocycles. The largest absolute Gasteiger partial charge is 0.469 e. The van der Waals surface area contributed by atoms with Gasteiger partial charge in [0.05, 0.1) is 18.9 Å². The number of alkyl halides is 1. The van der Waals surface area contributed by atoms with E-state index in [4.69, 9.17) is 16.3 Å². The lowest BCUT2D eigenvalue weighted by Gasteiger charge is -2.30. The number of nitrogens with zero attached hydrogens (tertiary/aromatic N) is 1. The predicted octanol–water partition coefficient (Wildman–Crippen LogP) is 1.25. The minimum absolute atomic E-state index is 0.194. The quantitative estimate of drug-likeness (QED) is 0.558. The van der Waals surface area contributed by atoms with Gasteiger partial charge in [0.1, 0.15) is 6.61 Å². The first-order chi connectivity index (χ1) is 7.69. The molecule has 0 bridgehead atoms. The van der Waals surface area contributed by atoms with Crippen LogP contribution in [0.25, 0.3) is 0 Å². The molecule has 1 aliphatic heterocycles. The lowest BCUT2D eigenvalue weighted by Crippen LogP contribution is -2.43. The summed E-state index contributed by atoms with van der Waals surface area (Å²) in [4.78, 5) is 24.4. The van der Waals surface area contributed by atoms with Crippen molar-refractivity contribution in [3.63, 3.8) is 0 Å². The summed E-state index contributed by atoms with van der Waals surface area (Å²) in [6, 6.07) is 0. The molecule has 0 aromatic carbocycles. The zero-order chi connectivity index (χ0) is 12.0. The predicted molar refractivity (Wildman–Crippen MR) is 58.4 cm³/mol. The highest BCUT2D eigenvalue weighted by atomic mass is 35.5. The second-order valence-electron chi connectivity index (χ2n) is 3.61. The zero-order valence-corrected chi connectivity index (χ0v) is 10.0. The lowest BCUT2D eigenvalue weighted by molar-refractivity contribution is -0.147. The number of methoxy groups -OCH3 is 1. The van der Waals surface area contributed by atoms with Gasteiger partial charge >= 0.3 is 12.1 Å². The normalized spacial score (nSPS) is 20.4. The van der Waals surface area contributed by atoms with Crippen LogP contribution in [0.1, 0.15) is 12.8 Å². The van der Waals surface area contributed by atoms with E-state index in [0.29, 0.717) is 13.1 Å². The van der Waals surface area contributed by atoms with Crippen molar-refractivity contribution in [3.05, 3.63) is 0 Å². The van der Waals surface area contributed by atoms with Crippen LogP contribution < -0.4 is 0 Å². The number of likely N-dealkylation sites (tertiary alicyclic amines) is 1. The third-order valence-corrected chi connectivity index (χ3v) is 2.67. The second-order valence-corrected chi connectivity index (χ2v) is 3.99. The Morgan fingerprint density at radius 3 is 2.88 bits per heavy atom. The van der Waals surface area contributed by atoms with E-state index < -0.39 is 6.09 Å². The van der Waals surface area contributed by atoms with Crippen molar-refractivity contribution in [2.45, 2.75) is 12.8 Å². The fourth-order valence-corrected chi connectivity index (χ4v) is 1.80. The Bertz CT molecular complexity index is 259. The molecule has 6 heteroatoms. The third kappa shape index (κ3) is 3.56. The molecule has 0 N–H and O–H groups in total. The van der Waals surface area contributed by atoms with Gasteiger partial charge in [-0.2, -0.15) is 0 Å². The lowest BCUT2D eigenvalue weighted by atomic mass is 9.99. The van der Waals surface area contributed by atoms with Gasteiger partial charge in [-0.15, -0.1) is 11.6 Å². The summed E-state index contributed by atoms with van der Waals surface area (Å²) < 4.78 is 9.56. The topological polar surface area (TPSA) is 55.8 Å². The first kappa shape index (κ1) is 13.1. The molecule has 0 aromatic rings. The number of rotatable bonds is 3. The van der Waals surface area contributed by atoms with Crippen LogP contribution in [-0.2, 0) is 14.3 Å². The molecule has 1 aliphatic rings. The number of amides is 1. The molecule has 0 saturated carbocycles. The monoisotopic (exact) mass is 249 g/mol. The van der Waals surface area contributed by atoms with Gasteiger partial charge in [-0.25, -0.2) is 4.79 Å². The number of hydrogen-bond acceptors (Lipinski definition) is 4. The van der Waals surface area contributed by atoms with E-state index in [1.807, 2.05) is 0 Å². The van der Waals surface area contributed by atoms with E-state index in [0.717, 1.165) is 12.8 Å². The Balaban J connectivity index is 2.43. The van der Waals surface area contributed by atoms with Crippen molar-refractivity contribution in [3.8, 4) is 0 Å². The van der Waals surface area contributed by atoms with Crippen molar-refractivity contribution in [1.82, 2.24) is 4.90 Å². The molecule has 1 atom stereocenters. The van der Waals surface area contributed by atoms with Gasteiger partial charge < -0.3 is 14.4 Å². The van der Waals surface area contributed by atoms with Crippen LogP contribution in [0.3, 0.4) is 0 Å². The zero-order valence-electron chi connectivity index (χ0n) is 9.28. The fourth-order valence-electron chi connectivity index (χ4n) is 1.72. The summed E-state index contributed by atoms with van der Waals surface area (Å²) in [6.07, 6.45) is 1.14. The molecule has 16 heavy (non-hydrogen) atoms. The molecule has 1 fully saturated rings. The van der Waals surface area contributed by atoms with Crippen LogP contribution in [0.15, 0.2) is 0 Å². The summed E-state index contributed by atoms with van der Waals surface area (Å²) in [5.74, 6) is -0.225. The van der Waals surface area contributed by atoms with Crippen LogP contribution in [0.2, 0.25) is 0 Å². The number of carbonyl (C=O) groups excluding carboxylic acids is 2. The van der Waals surface area contributed by atoms with Gasteiger partial charge in [0.25, 0.3) is 0 Å². The molecule has 0 aliphatic carbocycles. The van der Waals surface area contributed by atoms with Gasteiger partial charge in [-0.3, -0.25) is 4.79 Å². The average Bonchev–Trinajstić information content (AvgIpc) is 2.35. The molecule has 1 rings (SSSR count). The Hall–Kier alpha value is -0.970. The Labute approximate surface area is 99.6 Å². The molecule has 0 aromatic heterocycles. The van der Waals surface area contributed by atoms with Gasteiger partial charge in [-0.05, 0) is 12.8 Å². The van der Waals surface area contributed by atoms with Gasteiger partial charge in [0, 0.05) is 13.1 Å². The summed E-state index contributed by atoms with van der Waals surface area (Å²) in [5.41, 5.74) is 0. The molecule has 1 unspecified atom stereocenters. The van der Waals surface area contributed by atoms with Crippen LogP contribution in [0, 0.1) is 5.92 Å². The Morgan fingerprint density at radius 2 is 2.25 bits per heavy atom. The maximum Gasteiger partial charge on any atom is 0.409 e. The van der Waals surface area contributed by atoms with E-state index >= 15 is 0 Å². The van der Waals surface area contributed by atoms with Crippen molar-refractivity contribution >= 4 is 23.7 Å². The highest BCUT2D eigenvalue weighted by Gasteiger charge is 2.29. The molecule has 1 saturated heterocycles. The third-order valence-electron chi connectivity index (χ3n) is 2.52. The van der Waals surface area contributed by atoms with E-state index in [2.05, 4.69) is 4.74 Å². The average molecular weight is 250 g/mol. The van der Waals surface area contributed by atoms with E-state index in [-0.39, 0.29) is 24.4 Å². The van der Waals surface area contributed by atoms with Gasteiger partial charge in [-0.1, -0.05) is 0 Å². The number of esters is 1. The van der Waals surface area contributed by atoms with Crippen LogP contribution in [0.4, 0.5) is 4.79 Å². The van der Waals surface area contributed by atoms with Crippen LogP contribution in [-0.4, -0.2) is 49.6 Å². The fraction of sp³-hybridized carbons (Fsp3) is 0.800. The van der Waals surface area contributed by atoms with E-state index in [1.54, 1.807) is 0 Å². The number of hydrogen-bond donors (Lipinski definition) is 0. The highest BCUT2D eigenvalue weighted by molar-refractivity contribution is 6.18. The maximum atomic E-state index is 11.5. The van der Waals surface area contributed by atoms with Gasteiger partial charge in [0.2, 0.25) is 0 Å². The van der Waals surface area contributed by atoms with Crippen molar-refractivity contribution in [2.75, 3.05) is 32.7 Å². The number of piperidine rings is 1. The van der Waals surface area contributed by atoms with Gasteiger partial charge in [0.15, 0.2) is 0 Å². The first-order valence-corrected chi connectivity index (χ1v) is 5.78. The Morgan fingerprint density at radius 1 is 1.50 bits per heavy atom. The summed E-state index contributed by atoms with van der Waals surface area (Å²) in [6.45, 7) is 1.18. The minimum atomic E-state index is -0.408. The van der Waals surface area contributed by atoms with Crippen LogP contribution >= 0.6 is 11.6 Å².